The van der Waals surface area contributed by atoms with Gasteiger partial charge in [-0.15, -0.1) is 0 Å². The van der Waals surface area contributed by atoms with Crippen molar-refractivity contribution in [2.24, 2.45) is 0 Å². The van der Waals surface area contributed by atoms with Crippen molar-refractivity contribution in [3.8, 4) is 22.9 Å². The number of benzene rings is 5. The molecule has 9 rings (SSSR count). The van der Waals surface area contributed by atoms with Crippen LogP contribution in [0.1, 0.15) is 0 Å². The largest absolute Gasteiger partial charge is 0.293 e. The van der Waals surface area contributed by atoms with E-state index in [1.165, 1.54) is 37.2 Å². The van der Waals surface area contributed by atoms with E-state index in [4.69, 9.17) is 9.97 Å². The molecule has 5 aromatic carbocycles. The Labute approximate surface area is 228 Å². The highest BCUT2D eigenvalue weighted by molar-refractivity contribution is 7.99. The van der Waals surface area contributed by atoms with Crippen molar-refractivity contribution in [1.82, 2.24) is 19.1 Å². The Hall–Kier alpha value is -4.87. The number of hydrogen-bond acceptors (Lipinski definition) is 3. The number of aromatic nitrogens is 4. The minimum absolute atomic E-state index is 0.676. The summed E-state index contributed by atoms with van der Waals surface area (Å²) in [6, 6.07) is 42.7. The quantitative estimate of drug-likeness (QED) is 0.230. The monoisotopic (exact) mass is 516 g/mol. The molecule has 0 N–H and O–H groups in total. The molecule has 182 valence electrons. The average Bonchev–Trinajstić information content (AvgIpc) is 3.51. The van der Waals surface area contributed by atoms with E-state index in [0.717, 1.165) is 33.3 Å². The van der Waals surface area contributed by atoms with Gasteiger partial charge in [-0.25, -0.2) is 9.97 Å². The summed E-state index contributed by atoms with van der Waals surface area (Å²) in [6.45, 7) is 0. The van der Waals surface area contributed by atoms with Gasteiger partial charge < -0.3 is 0 Å². The Morgan fingerprint density at radius 2 is 1.26 bits per heavy atom. The predicted octanol–water partition coefficient (Wildman–Crippen LogP) is 8.80. The molecule has 1 aliphatic rings. The Morgan fingerprint density at radius 1 is 0.538 bits per heavy atom. The molecule has 0 saturated heterocycles. The summed E-state index contributed by atoms with van der Waals surface area (Å²) in [6.07, 6.45) is 0. The molecule has 4 nitrogen and oxygen atoms in total. The van der Waals surface area contributed by atoms with E-state index in [2.05, 4.69) is 118 Å². The zero-order chi connectivity index (χ0) is 25.5. The highest BCUT2D eigenvalue weighted by Crippen LogP contribution is 2.49. The minimum atomic E-state index is 0.676. The van der Waals surface area contributed by atoms with E-state index < -0.39 is 0 Å². The van der Waals surface area contributed by atoms with Gasteiger partial charge in [0.25, 0.3) is 0 Å². The van der Waals surface area contributed by atoms with Crippen molar-refractivity contribution in [1.29, 1.82) is 0 Å². The van der Waals surface area contributed by atoms with Crippen LogP contribution < -0.4 is 0 Å². The van der Waals surface area contributed by atoms with Gasteiger partial charge in [-0.2, -0.15) is 0 Å². The maximum atomic E-state index is 5.29. The molecule has 3 aromatic heterocycles. The lowest BCUT2D eigenvalue weighted by molar-refractivity contribution is 0.964. The molecule has 1 aliphatic heterocycles. The molecule has 0 radical (unpaired) electrons. The van der Waals surface area contributed by atoms with Gasteiger partial charge in [0.15, 0.2) is 0 Å². The topological polar surface area (TPSA) is 35.6 Å². The molecule has 0 saturated carbocycles. The van der Waals surface area contributed by atoms with E-state index >= 15 is 0 Å². The van der Waals surface area contributed by atoms with Crippen molar-refractivity contribution in [2.45, 2.75) is 9.79 Å². The number of hydrogen-bond donors (Lipinski definition) is 0. The third-order valence-corrected chi connectivity index (χ3v) is 8.83. The van der Waals surface area contributed by atoms with Crippen LogP contribution in [-0.2, 0) is 0 Å². The van der Waals surface area contributed by atoms with E-state index in [0.29, 0.717) is 5.95 Å². The van der Waals surface area contributed by atoms with Crippen LogP contribution in [0.3, 0.4) is 0 Å². The summed E-state index contributed by atoms with van der Waals surface area (Å²) in [7, 11) is 0. The summed E-state index contributed by atoms with van der Waals surface area (Å²) in [5.41, 5.74) is 7.58. The first-order chi connectivity index (χ1) is 19.4. The van der Waals surface area contributed by atoms with Gasteiger partial charge in [-0.1, -0.05) is 103 Å². The molecule has 0 amide bonds. The molecule has 4 heterocycles. The van der Waals surface area contributed by atoms with Crippen molar-refractivity contribution in [3.05, 3.63) is 121 Å². The van der Waals surface area contributed by atoms with Gasteiger partial charge in [0.1, 0.15) is 5.65 Å². The summed E-state index contributed by atoms with van der Waals surface area (Å²) in [5, 5.41) is 4.74. The Morgan fingerprint density at radius 3 is 2.18 bits per heavy atom. The van der Waals surface area contributed by atoms with E-state index in [1.54, 1.807) is 0 Å². The van der Waals surface area contributed by atoms with Crippen molar-refractivity contribution >= 4 is 55.5 Å². The SMILES string of the molecule is c1ccc(-c2nc(-n3c4ccccc4c4c5cccc6c5n(c43)-c3ccccc3S6)nc3ccccc23)cc1. The maximum Gasteiger partial charge on any atom is 0.236 e. The summed E-state index contributed by atoms with van der Waals surface area (Å²) in [5.74, 6) is 0.676. The van der Waals surface area contributed by atoms with Crippen LogP contribution >= 0.6 is 11.8 Å². The molecule has 0 atom stereocenters. The zero-order valence-electron chi connectivity index (χ0n) is 20.7. The number of fused-ring (bicyclic) bond motifs is 8. The lowest BCUT2D eigenvalue weighted by Crippen LogP contribution is -2.08. The predicted molar refractivity (Wildman–Crippen MR) is 160 cm³/mol. The smallest absolute Gasteiger partial charge is 0.236 e. The molecular formula is C34H20N4S. The standard InChI is InChI=1S/C34H20N4S/c1-2-11-21(12-3-1)31-22-13-4-6-16-25(22)35-34(36-31)38-26-17-7-5-14-23(26)30-24-15-10-20-29-32(24)37(33(30)38)27-18-8-9-19-28(27)39-29/h1-20H. The van der Waals surface area contributed by atoms with E-state index in [9.17, 15) is 0 Å². The third kappa shape index (κ3) is 2.85. The van der Waals surface area contributed by atoms with Gasteiger partial charge in [0.05, 0.1) is 27.9 Å². The zero-order valence-corrected chi connectivity index (χ0v) is 21.6. The van der Waals surface area contributed by atoms with Gasteiger partial charge in [-0.05, 0) is 30.3 Å². The maximum absolute atomic E-state index is 5.29. The van der Waals surface area contributed by atoms with Crippen molar-refractivity contribution in [3.63, 3.8) is 0 Å². The summed E-state index contributed by atoms with van der Waals surface area (Å²) in [4.78, 5) is 13.0. The van der Waals surface area contributed by atoms with E-state index in [-0.39, 0.29) is 0 Å². The van der Waals surface area contributed by atoms with Crippen LogP contribution in [0.4, 0.5) is 0 Å². The van der Waals surface area contributed by atoms with Crippen LogP contribution in [0.25, 0.3) is 66.6 Å². The van der Waals surface area contributed by atoms with Crippen molar-refractivity contribution in [2.75, 3.05) is 0 Å². The van der Waals surface area contributed by atoms with E-state index in [1.807, 2.05) is 23.9 Å². The average molecular weight is 517 g/mol. The molecule has 0 spiro atoms. The second kappa shape index (κ2) is 7.82. The minimum Gasteiger partial charge on any atom is -0.293 e. The molecule has 39 heavy (non-hydrogen) atoms. The number of para-hydroxylation sites is 4. The highest BCUT2D eigenvalue weighted by Gasteiger charge is 2.28. The highest BCUT2D eigenvalue weighted by atomic mass is 32.2. The lowest BCUT2D eigenvalue weighted by Gasteiger charge is -2.20. The summed E-state index contributed by atoms with van der Waals surface area (Å²) >= 11 is 1.84. The lowest BCUT2D eigenvalue weighted by atomic mass is 10.1. The second-order valence-corrected chi connectivity index (χ2v) is 10.9. The molecule has 0 bridgehead atoms. The van der Waals surface area contributed by atoms with Crippen LogP contribution in [0, 0.1) is 0 Å². The Balaban J connectivity index is 1.50. The van der Waals surface area contributed by atoms with Gasteiger partial charge in [0, 0.05) is 36.9 Å². The van der Waals surface area contributed by atoms with Crippen LogP contribution in [-0.4, -0.2) is 19.1 Å². The van der Waals surface area contributed by atoms with Crippen LogP contribution in [0.2, 0.25) is 0 Å². The van der Waals surface area contributed by atoms with Gasteiger partial charge in [0.2, 0.25) is 5.95 Å². The van der Waals surface area contributed by atoms with Crippen LogP contribution in [0.5, 0.6) is 0 Å². The fourth-order valence-electron chi connectivity index (χ4n) is 6.11. The molecule has 0 fully saturated rings. The van der Waals surface area contributed by atoms with Crippen molar-refractivity contribution < 1.29 is 0 Å². The Kier molecular flexibility index (Phi) is 4.23. The molecule has 8 aromatic rings. The fraction of sp³-hybridized carbons (Fsp3) is 0. The van der Waals surface area contributed by atoms with Gasteiger partial charge >= 0.3 is 0 Å². The second-order valence-electron chi connectivity index (χ2n) is 9.86. The first kappa shape index (κ1) is 21.1. The molecular weight excluding hydrogens is 496 g/mol. The molecule has 0 aliphatic carbocycles. The molecule has 0 unspecified atom stereocenters. The fourth-order valence-corrected chi connectivity index (χ4v) is 7.20. The first-order valence-corrected chi connectivity index (χ1v) is 13.8. The first-order valence-electron chi connectivity index (χ1n) is 13.0. The Bertz CT molecular complexity index is 2260. The third-order valence-electron chi connectivity index (χ3n) is 7.72. The van der Waals surface area contributed by atoms with Crippen LogP contribution in [0.15, 0.2) is 131 Å². The number of nitrogens with zero attached hydrogens (tertiary/aromatic N) is 4. The summed E-state index contributed by atoms with van der Waals surface area (Å²) < 4.78 is 4.69. The van der Waals surface area contributed by atoms with Gasteiger partial charge in [-0.3, -0.25) is 9.13 Å². The molecule has 5 heteroatoms. The number of rotatable bonds is 2. The normalized spacial score (nSPS) is 12.5.